The second-order valence-electron chi connectivity index (χ2n) is 5.31. The van der Waals surface area contributed by atoms with Crippen molar-refractivity contribution in [3.05, 3.63) is 11.8 Å². The Kier molecular flexibility index (Phi) is 4.84. The molecule has 21 heavy (non-hydrogen) atoms. The summed E-state index contributed by atoms with van der Waals surface area (Å²) in [4.78, 5) is 14.2. The van der Waals surface area contributed by atoms with E-state index in [2.05, 4.69) is 14.9 Å². The van der Waals surface area contributed by atoms with Crippen LogP contribution in [0.15, 0.2) is 6.07 Å². The van der Waals surface area contributed by atoms with Gasteiger partial charge < -0.3 is 10.6 Å². The third-order valence-corrected chi connectivity index (χ3v) is 4.29. The number of piperidine rings is 1. The van der Waals surface area contributed by atoms with Gasteiger partial charge in [-0.25, -0.2) is 13.1 Å². The average Bonchev–Trinajstić information content (AvgIpc) is 2.84. The Morgan fingerprint density at radius 1 is 1.57 bits per heavy atom. The number of sulfonamides is 1. The summed E-state index contributed by atoms with van der Waals surface area (Å²) in [5.41, 5.74) is 5.89. The maximum absolute atomic E-state index is 12.4. The van der Waals surface area contributed by atoms with Gasteiger partial charge in [0.25, 0.3) is 5.91 Å². The van der Waals surface area contributed by atoms with Crippen LogP contribution < -0.4 is 10.5 Å². The molecule has 1 fully saturated rings. The maximum Gasteiger partial charge on any atom is 0.272 e. The summed E-state index contributed by atoms with van der Waals surface area (Å²) in [5, 5.41) is 6.39. The number of H-pyrrole nitrogens is 1. The van der Waals surface area contributed by atoms with Crippen molar-refractivity contribution in [1.29, 1.82) is 0 Å². The number of likely N-dealkylation sites (tertiary alicyclic amines) is 1. The van der Waals surface area contributed by atoms with Crippen molar-refractivity contribution in [3.8, 4) is 0 Å². The van der Waals surface area contributed by atoms with Gasteiger partial charge in [-0.1, -0.05) is 0 Å². The van der Waals surface area contributed by atoms with E-state index in [-0.39, 0.29) is 17.8 Å². The van der Waals surface area contributed by atoms with Gasteiger partial charge in [-0.3, -0.25) is 9.89 Å². The third-order valence-electron chi connectivity index (χ3n) is 3.56. The van der Waals surface area contributed by atoms with Crippen molar-refractivity contribution in [2.75, 3.05) is 25.1 Å². The fraction of sp³-hybridized carbons (Fsp3) is 0.667. The van der Waals surface area contributed by atoms with Gasteiger partial charge in [-0.05, 0) is 25.7 Å². The molecule has 1 saturated heterocycles. The highest BCUT2D eigenvalue weighted by Crippen LogP contribution is 2.21. The normalized spacial score (nSPS) is 19.7. The molecule has 0 saturated carbocycles. The number of rotatable bonds is 5. The smallest absolute Gasteiger partial charge is 0.272 e. The number of amides is 1. The van der Waals surface area contributed by atoms with Crippen LogP contribution in [0.5, 0.6) is 0 Å². The zero-order chi connectivity index (χ0) is 15.5. The van der Waals surface area contributed by atoms with E-state index in [1.54, 1.807) is 4.90 Å². The number of aromatic nitrogens is 2. The monoisotopic (exact) mass is 315 g/mol. The standard InChI is InChI=1S/C12H21N5O3S/c1-21(19,20)14-6-5-9-4-2-3-7-17(9)12(18)10-8-11(13)16-15-10/h8-9,14H,2-7H2,1H3,(H3,13,15,16). The molecule has 2 rings (SSSR count). The largest absolute Gasteiger partial charge is 0.382 e. The average molecular weight is 315 g/mol. The first kappa shape index (κ1) is 15.8. The van der Waals surface area contributed by atoms with Crippen molar-refractivity contribution >= 4 is 21.7 Å². The van der Waals surface area contributed by atoms with Crippen LogP contribution in [0.1, 0.15) is 36.2 Å². The number of aromatic amines is 1. The van der Waals surface area contributed by atoms with Gasteiger partial charge in [0.1, 0.15) is 11.5 Å². The van der Waals surface area contributed by atoms with Gasteiger partial charge in [-0.15, -0.1) is 0 Å². The first-order valence-corrected chi connectivity index (χ1v) is 8.82. The number of hydrogen-bond donors (Lipinski definition) is 3. The summed E-state index contributed by atoms with van der Waals surface area (Å²) < 4.78 is 24.7. The summed E-state index contributed by atoms with van der Waals surface area (Å²) in [6.07, 6.45) is 4.59. The fourth-order valence-corrected chi connectivity index (χ4v) is 3.07. The molecular formula is C12H21N5O3S. The van der Waals surface area contributed by atoms with Crippen LogP contribution in [0.25, 0.3) is 0 Å². The molecule has 118 valence electrons. The topological polar surface area (TPSA) is 121 Å². The Labute approximate surface area is 124 Å². The Morgan fingerprint density at radius 2 is 2.33 bits per heavy atom. The van der Waals surface area contributed by atoms with Crippen molar-refractivity contribution < 1.29 is 13.2 Å². The summed E-state index contributed by atoms with van der Waals surface area (Å²) in [6.45, 7) is 1.000. The van der Waals surface area contributed by atoms with Gasteiger partial charge in [0.2, 0.25) is 10.0 Å². The molecule has 1 aromatic rings. The van der Waals surface area contributed by atoms with Gasteiger partial charge in [-0.2, -0.15) is 5.10 Å². The lowest BCUT2D eigenvalue weighted by atomic mass is 9.99. The van der Waals surface area contributed by atoms with Gasteiger partial charge in [0.05, 0.1) is 6.26 Å². The van der Waals surface area contributed by atoms with Crippen molar-refractivity contribution in [3.63, 3.8) is 0 Å². The minimum Gasteiger partial charge on any atom is -0.382 e. The molecule has 1 atom stereocenters. The SMILES string of the molecule is CS(=O)(=O)NCCC1CCCCN1C(=O)c1cc(N)n[nH]1. The first-order chi connectivity index (χ1) is 9.87. The Bertz CT molecular complexity index is 598. The van der Waals surface area contributed by atoms with Crippen LogP contribution >= 0.6 is 0 Å². The Morgan fingerprint density at radius 3 is 2.95 bits per heavy atom. The highest BCUT2D eigenvalue weighted by Gasteiger charge is 2.28. The highest BCUT2D eigenvalue weighted by molar-refractivity contribution is 7.88. The van der Waals surface area contributed by atoms with E-state index in [0.29, 0.717) is 25.2 Å². The molecule has 1 unspecified atom stereocenters. The van der Waals surface area contributed by atoms with Crippen LogP contribution in [-0.4, -0.2) is 54.8 Å². The maximum atomic E-state index is 12.4. The third kappa shape index (κ3) is 4.43. The summed E-state index contributed by atoms with van der Waals surface area (Å²) >= 11 is 0. The van der Waals surface area contributed by atoms with Crippen LogP contribution in [0, 0.1) is 0 Å². The van der Waals surface area contributed by atoms with E-state index in [0.717, 1.165) is 25.5 Å². The number of carbonyl (C=O) groups excluding carboxylic acids is 1. The number of nitrogens with two attached hydrogens (primary N) is 1. The number of nitrogen functional groups attached to an aromatic ring is 1. The zero-order valence-electron chi connectivity index (χ0n) is 12.0. The minimum atomic E-state index is -3.20. The summed E-state index contributed by atoms with van der Waals surface area (Å²) in [7, 11) is -3.20. The van der Waals surface area contributed by atoms with Crippen molar-refractivity contribution in [2.45, 2.75) is 31.7 Å². The van der Waals surface area contributed by atoms with E-state index in [1.165, 1.54) is 6.07 Å². The molecule has 8 nitrogen and oxygen atoms in total. The Balaban J connectivity index is 1.99. The molecule has 9 heteroatoms. The second-order valence-corrected chi connectivity index (χ2v) is 7.14. The quantitative estimate of drug-likeness (QED) is 0.702. The van der Waals surface area contributed by atoms with Crippen molar-refractivity contribution in [2.24, 2.45) is 0 Å². The number of anilines is 1. The van der Waals surface area contributed by atoms with Crippen LogP contribution in [-0.2, 0) is 10.0 Å². The molecule has 1 aromatic heterocycles. The van der Waals surface area contributed by atoms with Crippen LogP contribution in [0.3, 0.4) is 0 Å². The van der Waals surface area contributed by atoms with E-state index in [9.17, 15) is 13.2 Å². The number of carbonyl (C=O) groups is 1. The number of nitrogens with one attached hydrogen (secondary N) is 2. The molecule has 1 amide bonds. The van der Waals surface area contributed by atoms with Crippen LogP contribution in [0.4, 0.5) is 5.82 Å². The molecule has 2 heterocycles. The first-order valence-electron chi connectivity index (χ1n) is 6.93. The van der Waals surface area contributed by atoms with Gasteiger partial charge in [0, 0.05) is 25.2 Å². The molecule has 4 N–H and O–H groups in total. The lowest BCUT2D eigenvalue weighted by Crippen LogP contribution is -2.45. The molecule has 0 bridgehead atoms. The number of nitrogens with zero attached hydrogens (tertiary/aromatic N) is 2. The second kappa shape index (κ2) is 6.44. The fourth-order valence-electron chi connectivity index (χ4n) is 2.58. The highest BCUT2D eigenvalue weighted by atomic mass is 32.2. The predicted octanol–water partition coefficient (Wildman–Crippen LogP) is -0.0741. The molecule has 0 aliphatic carbocycles. The molecule has 0 radical (unpaired) electrons. The van der Waals surface area contributed by atoms with Gasteiger partial charge in [0.15, 0.2) is 0 Å². The minimum absolute atomic E-state index is 0.0324. The van der Waals surface area contributed by atoms with Crippen LogP contribution in [0.2, 0.25) is 0 Å². The lowest BCUT2D eigenvalue weighted by Gasteiger charge is -2.35. The van der Waals surface area contributed by atoms with E-state index in [4.69, 9.17) is 5.73 Å². The summed E-state index contributed by atoms with van der Waals surface area (Å²) in [6, 6.07) is 1.55. The zero-order valence-corrected chi connectivity index (χ0v) is 12.8. The predicted molar refractivity (Wildman–Crippen MR) is 79.1 cm³/mol. The van der Waals surface area contributed by atoms with E-state index >= 15 is 0 Å². The molecule has 0 aromatic carbocycles. The van der Waals surface area contributed by atoms with E-state index < -0.39 is 10.0 Å². The Hall–Kier alpha value is -1.61. The molecule has 0 spiro atoms. The summed E-state index contributed by atoms with van der Waals surface area (Å²) in [5.74, 6) is 0.147. The van der Waals surface area contributed by atoms with Gasteiger partial charge >= 0.3 is 0 Å². The van der Waals surface area contributed by atoms with E-state index in [1.807, 2.05) is 0 Å². The number of hydrogen-bond acceptors (Lipinski definition) is 5. The van der Waals surface area contributed by atoms with Crippen molar-refractivity contribution in [1.82, 2.24) is 19.8 Å². The lowest BCUT2D eigenvalue weighted by molar-refractivity contribution is 0.0598. The molecule has 1 aliphatic heterocycles. The molecular weight excluding hydrogens is 294 g/mol. The molecule has 1 aliphatic rings.